The standard InChI is InChI=1S/C27H25N3O4/c1-16-9-10-17(2)19(13-16)15-29-25(31)23-21(26(32)34-3)14-22(18-11-12-18)28-24(23)30(27(29)33)20-7-5-4-6-8-20/h4-10,13-14,18H,11-12,15H2,1-3H3. The first-order valence-electron chi connectivity index (χ1n) is 11.3. The Balaban J connectivity index is 1.89. The second-order valence-electron chi connectivity index (χ2n) is 8.83. The van der Waals surface area contributed by atoms with Crippen molar-refractivity contribution in [1.82, 2.24) is 14.1 Å². The summed E-state index contributed by atoms with van der Waals surface area (Å²) in [6.45, 7) is 3.99. The number of esters is 1. The summed E-state index contributed by atoms with van der Waals surface area (Å²) in [6, 6.07) is 16.6. The molecule has 1 aliphatic rings. The van der Waals surface area contributed by atoms with Crippen LogP contribution in [-0.4, -0.2) is 27.2 Å². The van der Waals surface area contributed by atoms with Crippen LogP contribution in [0.25, 0.3) is 16.7 Å². The fraction of sp³-hybridized carbons (Fsp3) is 0.259. The van der Waals surface area contributed by atoms with Crippen molar-refractivity contribution in [2.24, 2.45) is 0 Å². The number of benzene rings is 2. The Labute approximate surface area is 196 Å². The normalized spacial score (nSPS) is 13.3. The summed E-state index contributed by atoms with van der Waals surface area (Å²) in [7, 11) is 1.28. The van der Waals surface area contributed by atoms with Gasteiger partial charge in [-0.15, -0.1) is 0 Å². The number of aromatic nitrogens is 3. The lowest BCUT2D eigenvalue weighted by Gasteiger charge is -2.17. The zero-order valence-electron chi connectivity index (χ0n) is 19.4. The minimum absolute atomic E-state index is 0.0823. The Kier molecular flexibility index (Phi) is 5.40. The molecule has 1 fully saturated rings. The van der Waals surface area contributed by atoms with Crippen LogP contribution in [0, 0.1) is 13.8 Å². The zero-order chi connectivity index (χ0) is 24.0. The maximum Gasteiger partial charge on any atom is 0.338 e. The van der Waals surface area contributed by atoms with Gasteiger partial charge in [0.1, 0.15) is 0 Å². The molecule has 0 atom stereocenters. The third-order valence-corrected chi connectivity index (χ3v) is 6.36. The minimum atomic E-state index is -0.622. The summed E-state index contributed by atoms with van der Waals surface area (Å²) in [5.41, 5.74) is 3.40. The second kappa shape index (κ2) is 8.41. The number of pyridine rings is 1. The van der Waals surface area contributed by atoms with Crippen molar-refractivity contribution in [2.75, 3.05) is 7.11 Å². The molecule has 1 aliphatic carbocycles. The van der Waals surface area contributed by atoms with Gasteiger partial charge in [-0.2, -0.15) is 0 Å². The molecule has 5 rings (SSSR count). The number of methoxy groups -OCH3 is 1. The summed E-state index contributed by atoms with van der Waals surface area (Å²) >= 11 is 0. The first kappa shape index (κ1) is 21.8. The molecule has 2 aromatic carbocycles. The van der Waals surface area contributed by atoms with E-state index in [9.17, 15) is 14.4 Å². The maximum absolute atomic E-state index is 13.8. The number of ether oxygens (including phenoxy) is 1. The number of aryl methyl sites for hydroxylation is 2. The van der Waals surface area contributed by atoms with Gasteiger partial charge in [-0.3, -0.25) is 9.36 Å². The molecule has 0 amide bonds. The first-order chi connectivity index (χ1) is 16.4. The van der Waals surface area contributed by atoms with Crippen LogP contribution in [-0.2, 0) is 11.3 Å². The molecule has 172 valence electrons. The highest BCUT2D eigenvalue weighted by Gasteiger charge is 2.30. The molecule has 4 aromatic rings. The van der Waals surface area contributed by atoms with E-state index >= 15 is 0 Å². The van der Waals surface area contributed by atoms with E-state index in [1.807, 2.05) is 50.2 Å². The second-order valence-corrected chi connectivity index (χ2v) is 8.83. The van der Waals surface area contributed by atoms with E-state index in [2.05, 4.69) is 0 Å². The van der Waals surface area contributed by atoms with Crippen molar-refractivity contribution in [2.45, 2.75) is 39.2 Å². The minimum Gasteiger partial charge on any atom is -0.465 e. The quantitative estimate of drug-likeness (QED) is 0.427. The molecule has 0 spiro atoms. The molecule has 2 aromatic heterocycles. The van der Waals surface area contributed by atoms with E-state index in [-0.39, 0.29) is 29.1 Å². The van der Waals surface area contributed by atoms with Gasteiger partial charge >= 0.3 is 11.7 Å². The van der Waals surface area contributed by atoms with Crippen LogP contribution in [0.2, 0.25) is 0 Å². The average molecular weight is 456 g/mol. The number of nitrogens with zero attached hydrogens (tertiary/aromatic N) is 3. The summed E-state index contributed by atoms with van der Waals surface area (Å²) in [6.07, 6.45) is 1.91. The predicted molar refractivity (Wildman–Crippen MR) is 130 cm³/mol. The number of para-hydroxylation sites is 1. The Hall–Kier alpha value is -4.00. The van der Waals surface area contributed by atoms with E-state index in [4.69, 9.17) is 9.72 Å². The average Bonchev–Trinajstić information content (AvgIpc) is 3.69. The van der Waals surface area contributed by atoms with Crippen LogP contribution in [0.1, 0.15) is 51.5 Å². The molecular formula is C27H25N3O4. The molecule has 7 heteroatoms. The SMILES string of the molecule is COC(=O)c1cc(C2CC2)nc2c1c(=O)n(Cc1cc(C)ccc1C)c(=O)n2-c1ccccc1. The van der Waals surface area contributed by atoms with Gasteiger partial charge in [-0.05, 0) is 56.0 Å². The van der Waals surface area contributed by atoms with Gasteiger partial charge in [0.25, 0.3) is 5.56 Å². The molecule has 0 radical (unpaired) electrons. The van der Waals surface area contributed by atoms with Crippen molar-refractivity contribution >= 4 is 17.0 Å². The number of fused-ring (bicyclic) bond motifs is 1. The topological polar surface area (TPSA) is 83.2 Å². The van der Waals surface area contributed by atoms with Gasteiger partial charge in [0, 0.05) is 11.6 Å². The van der Waals surface area contributed by atoms with Crippen LogP contribution >= 0.6 is 0 Å². The number of carbonyl (C=O) groups is 1. The Morgan fingerprint density at radius 3 is 2.47 bits per heavy atom. The molecule has 1 saturated carbocycles. The van der Waals surface area contributed by atoms with Crippen LogP contribution in [0.4, 0.5) is 0 Å². The predicted octanol–water partition coefficient (Wildman–Crippen LogP) is 3.88. The third kappa shape index (κ3) is 3.73. The number of hydrogen-bond donors (Lipinski definition) is 0. The Bertz CT molecular complexity index is 1550. The number of hydrogen-bond acceptors (Lipinski definition) is 5. The summed E-state index contributed by atoms with van der Waals surface area (Å²) < 4.78 is 7.63. The van der Waals surface area contributed by atoms with Crippen molar-refractivity contribution in [3.05, 3.63) is 103 Å². The maximum atomic E-state index is 13.8. The zero-order valence-corrected chi connectivity index (χ0v) is 19.4. The highest BCUT2D eigenvalue weighted by atomic mass is 16.5. The molecule has 0 saturated heterocycles. The van der Waals surface area contributed by atoms with Gasteiger partial charge in [0.15, 0.2) is 5.65 Å². The van der Waals surface area contributed by atoms with E-state index in [1.54, 1.807) is 18.2 Å². The van der Waals surface area contributed by atoms with Gasteiger partial charge in [-0.1, -0.05) is 42.0 Å². The van der Waals surface area contributed by atoms with E-state index in [0.29, 0.717) is 11.4 Å². The van der Waals surface area contributed by atoms with E-state index in [0.717, 1.165) is 29.5 Å². The van der Waals surface area contributed by atoms with Crippen LogP contribution in [0.5, 0.6) is 0 Å². The fourth-order valence-corrected chi connectivity index (χ4v) is 4.31. The molecular weight excluding hydrogens is 430 g/mol. The van der Waals surface area contributed by atoms with Gasteiger partial charge in [0.2, 0.25) is 0 Å². The molecule has 0 N–H and O–H groups in total. The van der Waals surface area contributed by atoms with Crippen molar-refractivity contribution in [3.63, 3.8) is 0 Å². The van der Waals surface area contributed by atoms with E-state index in [1.165, 1.54) is 16.2 Å². The fourth-order valence-electron chi connectivity index (χ4n) is 4.31. The monoisotopic (exact) mass is 455 g/mol. The van der Waals surface area contributed by atoms with Gasteiger partial charge < -0.3 is 4.74 Å². The molecule has 2 heterocycles. The van der Waals surface area contributed by atoms with Gasteiger partial charge in [-0.25, -0.2) is 19.1 Å². The van der Waals surface area contributed by atoms with Crippen molar-refractivity contribution in [3.8, 4) is 5.69 Å². The van der Waals surface area contributed by atoms with Gasteiger partial charge in [0.05, 0.1) is 30.3 Å². The smallest absolute Gasteiger partial charge is 0.338 e. The Morgan fingerprint density at radius 1 is 1.06 bits per heavy atom. The first-order valence-corrected chi connectivity index (χ1v) is 11.3. The molecule has 0 aliphatic heterocycles. The molecule has 34 heavy (non-hydrogen) atoms. The summed E-state index contributed by atoms with van der Waals surface area (Å²) in [5.74, 6) is -0.410. The molecule has 7 nitrogen and oxygen atoms in total. The number of rotatable bonds is 5. The van der Waals surface area contributed by atoms with E-state index < -0.39 is 17.2 Å². The van der Waals surface area contributed by atoms with Crippen LogP contribution in [0.3, 0.4) is 0 Å². The summed E-state index contributed by atoms with van der Waals surface area (Å²) in [5, 5.41) is 0.0880. The third-order valence-electron chi connectivity index (χ3n) is 6.36. The largest absolute Gasteiger partial charge is 0.465 e. The Morgan fingerprint density at radius 2 is 1.79 bits per heavy atom. The lowest BCUT2D eigenvalue weighted by Crippen LogP contribution is -2.41. The van der Waals surface area contributed by atoms with Crippen molar-refractivity contribution in [1.29, 1.82) is 0 Å². The van der Waals surface area contributed by atoms with Crippen LogP contribution < -0.4 is 11.2 Å². The lowest BCUT2D eigenvalue weighted by atomic mass is 10.1. The lowest BCUT2D eigenvalue weighted by molar-refractivity contribution is 0.0602. The van der Waals surface area contributed by atoms with Crippen molar-refractivity contribution < 1.29 is 9.53 Å². The number of carbonyl (C=O) groups excluding carboxylic acids is 1. The highest BCUT2D eigenvalue weighted by molar-refractivity contribution is 6.02. The highest BCUT2D eigenvalue weighted by Crippen LogP contribution is 2.40. The molecule has 0 unspecified atom stereocenters. The molecule has 0 bridgehead atoms. The summed E-state index contributed by atoms with van der Waals surface area (Å²) in [4.78, 5) is 45.1. The van der Waals surface area contributed by atoms with Crippen LogP contribution in [0.15, 0.2) is 64.2 Å².